The average molecular weight is 331 g/mol. The fourth-order valence-corrected chi connectivity index (χ4v) is 2.77. The van der Waals surface area contributed by atoms with E-state index in [2.05, 4.69) is 4.98 Å². The van der Waals surface area contributed by atoms with E-state index in [1.54, 1.807) is 42.7 Å². The number of aromatic nitrogens is 1. The zero-order valence-corrected chi connectivity index (χ0v) is 12.9. The van der Waals surface area contributed by atoms with Crippen molar-refractivity contribution in [1.29, 1.82) is 0 Å². The molecule has 3 N–H and O–H groups in total. The Morgan fingerprint density at radius 3 is 2.36 bits per heavy atom. The van der Waals surface area contributed by atoms with E-state index < -0.39 is 0 Å². The highest BCUT2D eigenvalue weighted by Crippen LogP contribution is 2.29. The first kappa shape index (κ1) is 14.7. The lowest BCUT2D eigenvalue weighted by atomic mass is 9.98. The predicted octanol–water partition coefficient (Wildman–Crippen LogP) is 4.80. The van der Waals surface area contributed by atoms with E-state index in [4.69, 9.17) is 28.9 Å². The van der Waals surface area contributed by atoms with Crippen molar-refractivity contribution in [3.05, 3.63) is 76.0 Å². The number of halogens is 2. The molecule has 2 aromatic carbocycles. The quantitative estimate of drug-likeness (QED) is 0.535. The predicted molar refractivity (Wildman–Crippen MR) is 90.5 cm³/mol. The number of nitrogens with two attached hydrogens (primary N) is 1. The molecule has 0 aliphatic heterocycles. The number of rotatable bonds is 3. The van der Waals surface area contributed by atoms with Gasteiger partial charge in [-0.2, -0.15) is 0 Å². The maximum atomic E-state index is 12.7. The number of carbonyl (C=O) groups is 1. The molecular weight excluding hydrogens is 319 g/mol. The smallest absolute Gasteiger partial charge is 0.196 e. The van der Waals surface area contributed by atoms with Gasteiger partial charge in [-0.05, 0) is 35.9 Å². The Morgan fingerprint density at radius 1 is 0.955 bits per heavy atom. The number of carbonyl (C=O) groups excluding carboxylic acids is 1. The van der Waals surface area contributed by atoms with Crippen molar-refractivity contribution in [2.24, 2.45) is 0 Å². The van der Waals surface area contributed by atoms with Crippen LogP contribution in [-0.4, -0.2) is 10.8 Å². The van der Waals surface area contributed by atoms with Crippen LogP contribution in [0.15, 0.2) is 54.9 Å². The SMILES string of the molecule is Nc1ccc(-c2c[nH]cc2C(=O)c2ccc(Cl)cc2Cl)cc1. The minimum absolute atomic E-state index is 0.158. The largest absolute Gasteiger partial charge is 0.399 e. The molecule has 3 rings (SSSR count). The first-order chi connectivity index (χ1) is 10.6. The molecule has 110 valence electrons. The summed E-state index contributed by atoms with van der Waals surface area (Å²) in [5.41, 5.74) is 9.05. The molecule has 0 atom stereocenters. The highest BCUT2D eigenvalue weighted by molar-refractivity contribution is 6.37. The lowest BCUT2D eigenvalue weighted by Gasteiger charge is -2.06. The molecule has 0 bridgehead atoms. The number of H-pyrrole nitrogens is 1. The minimum Gasteiger partial charge on any atom is -0.399 e. The topological polar surface area (TPSA) is 58.9 Å². The van der Waals surface area contributed by atoms with Crippen LogP contribution in [0.5, 0.6) is 0 Å². The molecule has 1 aromatic heterocycles. The molecule has 0 spiro atoms. The van der Waals surface area contributed by atoms with Gasteiger partial charge in [0.2, 0.25) is 0 Å². The first-order valence-corrected chi connectivity index (χ1v) is 7.34. The van der Waals surface area contributed by atoms with Crippen molar-refractivity contribution >= 4 is 34.7 Å². The van der Waals surface area contributed by atoms with Gasteiger partial charge >= 0.3 is 0 Å². The van der Waals surface area contributed by atoms with Crippen molar-refractivity contribution in [1.82, 2.24) is 4.98 Å². The maximum Gasteiger partial charge on any atom is 0.196 e. The van der Waals surface area contributed by atoms with Gasteiger partial charge in [0.25, 0.3) is 0 Å². The van der Waals surface area contributed by atoms with Gasteiger partial charge in [-0.25, -0.2) is 0 Å². The fraction of sp³-hybridized carbons (Fsp3) is 0. The molecule has 0 unspecified atom stereocenters. The van der Waals surface area contributed by atoms with Gasteiger partial charge in [-0.15, -0.1) is 0 Å². The summed E-state index contributed by atoms with van der Waals surface area (Å²) in [6.07, 6.45) is 3.45. The second kappa shape index (κ2) is 5.87. The van der Waals surface area contributed by atoms with Gasteiger partial charge in [-0.1, -0.05) is 35.3 Å². The number of hydrogen-bond donors (Lipinski definition) is 2. The van der Waals surface area contributed by atoms with E-state index in [-0.39, 0.29) is 5.78 Å². The number of ketones is 1. The Hall–Kier alpha value is -2.23. The Kier molecular flexibility index (Phi) is 3.92. The first-order valence-electron chi connectivity index (χ1n) is 6.58. The van der Waals surface area contributed by atoms with Crippen LogP contribution < -0.4 is 5.73 Å². The number of nitrogen functional groups attached to an aromatic ring is 1. The zero-order chi connectivity index (χ0) is 15.7. The van der Waals surface area contributed by atoms with E-state index in [0.29, 0.717) is 26.9 Å². The summed E-state index contributed by atoms with van der Waals surface area (Å²) in [7, 11) is 0. The maximum absolute atomic E-state index is 12.7. The number of hydrogen-bond acceptors (Lipinski definition) is 2. The van der Waals surface area contributed by atoms with Crippen LogP contribution in [0.2, 0.25) is 10.0 Å². The summed E-state index contributed by atoms with van der Waals surface area (Å²) in [6, 6.07) is 12.2. The van der Waals surface area contributed by atoms with Crippen molar-refractivity contribution in [2.75, 3.05) is 5.73 Å². The van der Waals surface area contributed by atoms with Crippen LogP contribution in [0.25, 0.3) is 11.1 Å². The molecule has 0 radical (unpaired) electrons. The number of benzene rings is 2. The zero-order valence-electron chi connectivity index (χ0n) is 11.4. The second-order valence-electron chi connectivity index (χ2n) is 4.86. The Balaban J connectivity index is 2.04. The van der Waals surface area contributed by atoms with Crippen LogP contribution in [0.1, 0.15) is 15.9 Å². The highest BCUT2D eigenvalue weighted by Gasteiger charge is 2.18. The third-order valence-electron chi connectivity index (χ3n) is 3.39. The number of aromatic amines is 1. The lowest BCUT2D eigenvalue weighted by Crippen LogP contribution is -2.02. The summed E-state index contributed by atoms with van der Waals surface area (Å²) in [4.78, 5) is 15.7. The molecular formula is C17H12Cl2N2O. The van der Waals surface area contributed by atoms with Gasteiger partial charge in [0.15, 0.2) is 5.78 Å². The van der Waals surface area contributed by atoms with E-state index in [1.807, 2.05) is 12.1 Å². The van der Waals surface area contributed by atoms with Crippen LogP contribution >= 0.6 is 23.2 Å². The summed E-state index contributed by atoms with van der Waals surface area (Å²) < 4.78 is 0. The van der Waals surface area contributed by atoms with Gasteiger partial charge in [-0.3, -0.25) is 4.79 Å². The van der Waals surface area contributed by atoms with Gasteiger partial charge < -0.3 is 10.7 Å². The molecule has 0 amide bonds. The monoisotopic (exact) mass is 330 g/mol. The van der Waals surface area contributed by atoms with Crippen molar-refractivity contribution in [3.63, 3.8) is 0 Å². The second-order valence-corrected chi connectivity index (χ2v) is 5.70. The van der Waals surface area contributed by atoms with E-state index >= 15 is 0 Å². The molecule has 0 aliphatic carbocycles. The minimum atomic E-state index is -0.158. The number of anilines is 1. The van der Waals surface area contributed by atoms with Gasteiger partial charge in [0, 0.05) is 39.8 Å². The van der Waals surface area contributed by atoms with Gasteiger partial charge in [0.1, 0.15) is 0 Å². The normalized spacial score (nSPS) is 10.6. The average Bonchev–Trinajstić information content (AvgIpc) is 2.97. The summed E-state index contributed by atoms with van der Waals surface area (Å²) >= 11 is 12.0. The summed E-state index contributed by atoms with van der Waals surface area (Å²) in [5, 5.41) is 0.830. The van der Waals surface area contributed by atoms with Crippen molar-refractivity contribution in [2.45, 2.75) is 0 Å². The third-order valence-corrected chi connectivity index (χ3v) is 3.94. The summed E-state index contributed by atoms with van der Waals surface area (Å²) in [5.74, 6) is -0.158. The Bertz CT molecular complexity index is 838. The van der Waals surface area contributed by atoms with Crippen molar-refractivity contribution < 1.29 is 4.79 Å². The van der Waals surface area contributed by atoms with Crippen LogP contribution in [0.4, 0.5) is 5.69 Å². The summed E-state index contributed by atoms with van der Waals surface area (Å²) in [6.45, 7) is 0. The molecule has 5 heteroatoms. The van der Waals surface area contributed by atoms with E-state index in [0.717, 1.165) is 11.1 Å². The Morgan fingerprint density at radius 2 is 1.68 bits per heavy atom. The molecule has 0 saturated carbocycles. The molecule has 22 heavy (non-hydrogen) atoms. The van der Waals surface area contributed by atoms with E-state index in [1.165, 1.54) is 0 Å². The van der Waals surface area contributed by atoms with Crippen LogP contribution in [-0.2, 0) is 0 Å². The van der Waals surface area contributed by atoms with Gasteiger partial charge in [0.05, 0.1) is 5.02 Å². The highest BCUT2D eigenvalue weighted by atomic mass is 35.5. The standard InChI is InChI=1S/C17H12Cl2N2O/c18-11-3-6-13(16(19)7-11)17(22)15-9-21-8-14(15)10-1-4-12(20)5-2-10/h1-9,21H,20H2. The molecule has 0 aliphatic rings. The molecule has 0 saturated heterocycles. The van der Waals surface area contributed by atoms with Crippen LogP contribution in [0, 0.1) is 0 Å². The molecule has 1 heterocycles. The molecule has 3 nitrogen and oxygen atoms in total. The molecule has 0 fully saturated rings. The van der Waals surface area contributed by atoms with Crippen LogP contribution in [0.3, 0.4) is 0 Å². The number of nitrogens with one attached hydrogen (secondary N) is 1. The van der Waals surface area contributed by atoms with E-state index in [9.17, 15) is 4.79 Å². The lowest BCUT2D eigenvalue weighted by molar-refractivity contribution is 0.103. The molecule has 3 aromatic rings. The Labute approximate surface area is 137 Å². The fourth-order valence-electron chi connectivity index (χ4n) is 2.27. The third kappa shape index (κ3) is 2.73. The van der Waals surface area contributed by atoms with Crippen molar-refractivity contribution in [3.8, 4) is 11.1 Å².